The topological polar surface area (TPSA) is 15.3 Å². The minimum Gasteiger partial charge on any atom is -0.372 e. The molecule has 1 aromatic rings. The maximum atomic E-state index is 13.8. The molecule has 1 fully saturated rings. The van der Waals surface area contributed by atoms with Gasteiger partial charge in [0.15, 0.2) is 0 Å². The predicted octanol–water partition coefficient (Wildman–Crippen LogP) is 3.43. The molecule has 0 spiro atoms. The average molecular weight is 264 g/mol. The van der Waals surface area contributed by atoms with Crippen LogP contribution in [0.25, 0.3) is 0 Å². The first-order valence-corrected chi connectivity index (χ1v) is 7.33. The summed E-state index contributed by atoms with van der Waals surface area (Å²) in [6.07, 6.45) is 4.86. The molecule has 0 radical (unpaired) electrons. The van der Waals surface area contributed by atoms with Gasteiger partial charge in [-0.25, -0.2) is 4.39 Å². The van der Waals surface area contributed by atoms with Gasteiger partial charge in [0.05, 0.1) is 5.69 Å². The number of para-hydroxylation sites is 1. The van der Waals surface area contributed by atoms with E-state index in [2.05, 4.69) is 17.1 Å². The number of halogens is 1. The van der Waals surface area contributed by atoms with Gasteiger partial charge in [0.2, 0.25) is 0 Å². The van der Waals surface area contributed by atoms with E-state index in [1.165, 1.54) is 31.7 Å². The summed E-state index contributed by atoms with van der Waals surface area (Å²) in [5.74, 6) is -0.125. The quantitative estimate of drug-likeness (QED) is 0.876. The first kappa shape index (κ1) is 14.3. The van der Waals surface area contributed by atoms with E-state index in [0.717, 1.165) is 19.6 Å². The lowest BCUT2D eigenvalue weighted by molar-refractivity contribution is 0.196. The van der Waals surface area contributed by atoms with Crippen molar-refractivity contribution < 1.29 is 4.39 Å². The Morgan fingerprint density at radius 3 is 2.79 bits per heavy atom. The second-order valence-corrected chi connectivity index (χ2v) is 5.84. The molecule has 1 saturated heterocycles. The van der Waals surface area contributed by atoms with E-state index in [4.69, 9.17) is 0 Å². The van der Waals surface area contributed by atoms with Gasteiger partial charge in [-0.05, 0) is 37.9 Å². The number of hydrogen-bond donors (Lipinski definition) is 1. The van der Waals surface area contributed by atoms with Gasteiger partial charge >= 0.3 is 0 Å². The van der Waals surface area contributed by atoms with Gasteiger partial charge in [-0.1, -0.05) is 25.5 Å². The fourth-order valence-corrected chi connectivity index (χ4v) is 3.34. The number of benzene rings is 1. The molecule has 0 amide bonds. The number of rotatable bonds is 5. The average Bonchev–Trinajstić information content (AvgIpc) is 2.40. The van der Waals surface area contributed by atoms with Crippen LogP contribution in [0.15, 0.2) is 24.3 Å². The van der Waals surface area contributed by atoms with Crippen LogP contribution in [0.5, 0.6) is 0 Å². The van der Waals surface area contributed by atoms with Crippen molar-refractivity contribution in [3.63, 3.8) is 0 Å². The van der Waals surface area contributed by atoms with E-state index in [1.54, 1.807) is 6.07 Å². The molecule has 1 aromatic carbocycles. The largest absolute Gasteiger partial charge is 0.372 e. The summed E-state index contributed by atoms with van der Waals surface area (Å²) in [6, 6.07) is 7.06. The Balaban J connectivity index is 2.10. The molecule has 0 bridgehead atoms. The molecule has 2 rings (SSSR count). The molecule has 1 unspecified atom stereocenters. The van der Waals surface area contributed by atoms with Crippen molar-refractivity contribution in [2.45, 2.75) is 32.6 Å². The van der Waals surface area contributed by atoms with Crippen molar-refractivity contribution in [3.05, 3.63) is 30.1 Å². The summed E-state index contributed by atoms with van der Waals surface area (Å²) in [6.45, 7) is 5.34. The van der Waals surface area contributed by atoms with E-state index < -0.39 is 0 Å². The molecule has 0 aliphatic carbocycles. The monoisotopic (exact) mass is 264 g/mol. The van der Waals surface area contributed by atoms with Crippen LogP contribution in [0.1, 0.15) is 32.6 Å². The summed E-state index contributed by atoms with van der Waals surface area (Å²) in [5, 5.41) is 3.51. The smallest absolute Gasteiger partial charge is 0.146 e. The Kier molecular flexibility index (Phi) is 4.81. The van der Waals surface area contributed by atoms with E-state index in [1.807, 2.05) is 19.2 Å². The Labute approximate surface area is 116 Å². The Morgan fingerprint density at radius 2 is 2.16 bits per heavy atom. The second kappa shape index (κ2) is 6.38. The molecule has 1 aliphatic rings. The van der Waals surface area contributed by atoms with Crippen LogP contribution in [0.3, 0.4) is 0 Å². The maximum absolute atomic E-state index is 13.8. The third kappa shape index (κ3) is 3.47. The summed E-state index contributed by atoms with van der Waals surface area (Å²) >= 11 is 0. The molecule has 19 heavy (non-hydrogen) atoms. The highest BCUT2D eigenvalue weighted by molar-refractivity contribution is 5.47. The third-order valence-electron chi connectivity index (χ3n) is 4.18. The first-order chi connectivity index (χ1) is 9.17. The molecule has 1 atom stereocenters. The minimum atomic E-state index is -0.125. The molecular weight excluding hydrogens is 239 g/mol. The van der Waals surface area contributed by atoms with Crippen molar-refractivity contribution in [1.29, 1.82) is 0 Å². The van der Waals surface area contributed by atoms with Crippen LogP contribution >= 0.6 is 0 Å². The Hall–Kier alpha value is -1.09. The standard InChI is InChI=1S/C16H25FN2/c1-3-9-16(10-6-11-18-12-16)13-19(2)15-8-5-4-7-14(15)17/h4-5,7-8,18H,3,6,9-13H2,1-2H3. The number of anilines is 1. The summed E-state index contributed by atoms with van der Waals surface area (Å²) in [7, 11) is 2.00. The summed E-state index contributed by atoms with van der Waals surface area (Å²) < 4.78 is 13.8. The Bertz CT molecular complexity index is 394. The van der Waals surface area contributed by atoms with Gasteiger partial charge in [0, 0.05) is 25.6 Å². The third-order valence-corrected chi connectivity index (χ3v) is 4.18. The lowest BCUT2D eigenvalue weighted by Crippen LogP contribution is -2.47. The zero-order valence-corrected chi connectivity index (χ0v) is 12.1. The van der Waals surface area contributed by atoms with Crippen LogP contribution in [-0.4, -0.2) is 26.7 Å². The molecule has 0 aromatic heterocycles. The van der Waals surface area contributed by atoms with Gasteiger partial charge in [0.1, 0.15) is 5.82 Å². The second-order valence-electron chi connectivity index (χ2n) is 5.84. The Morgan fingerprint density at radius 1 is 1.37 bits per heavy atom. The van der Waals surface area contributed by atoms with Gasteiger partial charge < -0.3 is 10.2 Å². The van der Waals surface area contributed by atoms with Crippen LogP contribution < -0.4 is 10.2 Å². The van der Waals surface area contributed by atoms with Crippen molar-refractivity contribution in [3.8, 4) is 0 Å². The van der Waals surface area contributed by atoms with Crippen LogP contribution in [0.4, 0.5) is 10.1 Å². The highest BCUT2D eigenvalue weighted by Crippen LogP contribution is 2.34. The van der Waals surface area contributed by atoms with Gasteiger partial charge in [-0.15, -0.1) is 0 Å². The number of nitrogens with zero attached hydrogens (tertiary/aromatic N) is 1. The van der Waals surface area contributed by atoms with E-state index >= 15 is 0 Å². The minimum absolute atomic E-state index is 0.125. The van der Waals surface area contributed by atoms with E-state index in [-0.39, 0.29) is 5.82 Å². The van der Waals surface area contributed by atoms with E-state index in [9.17, 15) is 4.39 Å². The molecule has 3 heteroatoms. The molecule has 1 N–H and O–H groups in total. The van der Waals surface area contributed by atoms with Gasteiger partial charge in [-0.2, -0.15) is 0 Å². The van der Waals surface area contributed by atoms with Crippen LogP contribution in [0.2, 0.25) is 0 Å². The predicted molar refractivity (Wildman–Crippen MR) is 79.1 cm³/mol. The van der Waals surface area contributed by atoms with Crippen molar-refractivity contribution in [1.82, 2.24) is 5.32 Å². The van der Waals surface area contributed by atoms with E-state index in [0.29, 0.717) is 11.1 Å². The zero-order chi connectivity index (χ0) is 13.7. The van der Waals surface area contributed by atoms with Crippen molar-refractivity contribution in [2.24, 2.45) is 5.41 Å². The number of nitrogens with one attached hydrogen (secondary N) is 1. The molecule has 2 nitrogen and oxygen atoms in total. The highest BCUT2D eigenvalue weighted by Gasteiger charge is 2.32. The highest BCUT2D eigenvalue weighted by atomic mass is 19.1. The number of hydrogen-bond acceptors (Lipinski definition) is 2. The molecule has 1 aliphatic heterocycles. The summed E-state index contributed by atoms with van der Waals surface area (Å²) in [5.41, 5.74) is 1.01. The van der Waals surface area contributed by atoms with Crippen molar-refractivity contribution >= 4 is 5.69 Å². The fourth-order valence-electron chi connectivity index (χ4n) is 3.34. The SMILES string of the molecule is CCCC1(CN(C)c2ccccc2F)CCCNC1. The van der Waals surface area contributed by atoms with Crippen LogP contribution in [-0.2, 0) is 0 Å². The van der Waals surface area contributed by atoms with Gasteiger partial charge in [-0.3, -0.25) is 0 Å². The maximum Gasteiger partial charge on any atom is 0.146 e. The van der Waals surface area contributed by atoms with Crippen LogP contribution in [0, 0.1) is 11.2 Å². The fraction of sp³-hybridized carbons (Fsp3) is 0.625. The molecule has 0 saturated carbocycles. The zero-order valence-electron chi connectivity index (χ0n) is 12.1. The summed E-state index contributed by atoms with van der Waals surface area (Å²) in [4.78, 5) is 2.08. The van der Waals surface area contributed by atoms with Crippen molar-refractivity contribution in [2.75, 3.05) is 31.6 Å². The molecule has 106 valence electrons. The van der Waals surface area contributed by atoms with Gasteiger partial charge in [0.25, 0.3) is 0 Å². The number of piperidine rings is 1. The first-order valence-electron chi connectivity index (χ1n) is 7.33. The molecule has 1 heterocycles. The molecular formula is C16H25FN2. The lowest BCUT2D eigenvalue weighted by atomic mass is 9.76. The normalized spacial score (nSPS) is 23.3. The lowest BCUT2D eigenvalue weighted by Gasteiger charge is -2.41.